The number of aromatic nitrogens is 2. The van der Waals surface area contributed by atoms with Gasteiger partial charge in [0.15, 0.2) is 5.82 Å². The summed E-state index contributed by atoms with van der Waals surface area (Å²) in [6.07, 6.45) is 6.76. The Balaban J connectivity index is 1.36. The maximum absolute atomic E-state index is 14.8. The minimum absolute atomic E-state index is 0.101. The molecule has 2 aromatic rings. The van der Waals surface area contributed by atoms with Gasteiger partial charge in [0.1, 0.15) is 5.69 Å². The Morgan fingerprint density at radius 3 is 2.50 bits per heavy atom. The monoisotopic (exact) mass is 527 g/mol. The number of amides is 2. The van der Waals surface area contributed by atoms with Crippen LogP contribution in [0, 0.1) is 6.92 Å². The fraction of sp³-hybridized carbons (Fsp3) is 0.556. The number of rotatable bonds is 5. The number of hydrogen-bond donors (Lipinski definition) is 2. The van der Waals surface area contributed by atoms with E-state index in [4.69, 9.17) is 0 Å². The number of likely N-dealkylation sites (tertiary alicyclic amines) is 1. The van der Waals surface area contributed by atoms with E-state index in [0.29, 0.717) is 17.1 Å². The summed E-state index contributed by atoms with van der Waals surface area (Å²) >= 11 is 0. The van der Waals surface area contributed by atoms with Gasteiger partial charge in [-0.2, -0.15) is 13.8 Å². The number of piperidine rings is 1. The lowest BCUT2D eigenvalue weighted by Gasteiger charge is -2.31. The molecule has 0 bridgehead atoms. The quantitative estimate of drug-likeness (QED) is 0.612. The number of aryl methyl sites for hydroxylation is 1. The lowest BCUT2D eigenvalue weighted by molar-refractivity contribution is -0.140. The van der Waals surface area contributed by atoms with Crippen LogP contribution in [0.1, 0.15) is 54.4 Å². The van der Waals surface area contributed by atoms with Gasteiger partial charge >= 0.3 is 5.92 Å². The number of alkyl halides is 2. The molecule has 2 aliphatic heterocycles. The first kappa shape index (κ1) is 26.3. The molecule has 1 aliphatic carbocycles. The van der Waals surface area contributed by atoms with Crippen molar-refractivity contribution in [2.45, 2.75) is 63.5 Å². The first-order valence-corrected chi connectivity index (χ1v) is 13.3. The molecule has 1 aromatic carbocycles. The van der Waals surface area contributed by atoms with Crippen molar-refractivity contribution in [2.75, 3.05) is 48.8 Å². The molecule has 9 nitrogen and oxygen atoms in total. The van der Waals surface area contributed by atoms with Gasteiger partial charge in [-0.05, 0) is 76.5 Å². The second kappa shape index (κ2) is 10.4. The summed E-state index contributed by atoms with van der Waals surface area (Å²) < 4.78 is 29.6. The molecule has 38 heavy (non-hydrogen) atoms. The van der Waals surface area contributed by atoms with Crippen LogP contribution >= 0.6 is 0 Å². The van der Waals surface area contributed by atoms with E-state index < -0.39 is 18.4 Å². The molecule has 204 valence electrons. The van der Waals surface area contributed by atoms with E-state index in [-0.39, 0.29) is 29.6 Å². The Labute approximate surface area is 221 Å². The van der Waals surface area contributed by atoms with Gasteiger partial charge in [-0.3, -0.25) is 9.59 Å². The van der Waals surface area contributed by atoms with Gasteiger partial charge in [-0.25, -0.2) is 4.98 Å². The zero-order valence-corrected chi connectivity index (χ0v) is 22.1. The number of hydrogen-bond acceptors (Lipinski definition) is 7. The molecule has 0 spiro atoms. The fourth-order valence-corrected chi connectivity index (χ4v) is 5.59. The third-order valence-corrected chi connectivity index (χ3v) is 7.92. The highest BCUT2D eigenvalue weighted by molar-refractivity contribution is 6.02. The van der Waals surface area contributed by atoms with Gasteiger partial charge in [-0.1, -0.05) is 12.8 Å². The summed E-state index contributed by atoms with van der Waals surface area (Å²) in [6.45, 7) is 3.11. The first-order valence-electron chi connectivity index (χ1n) is 13.3. The standard InChI is InChI=1S/C27H35F2N7O2/c1-17-14-18(24(37)31-19-10-12-34(2)13-11-19)8-9-21(17)32-26-30-15-22-23(33-26)36(20-6-4-5-7-20)16-27(28,29)25(38)35(22)3/h8-9,14-15,19-20H,4-7,10-13,16H2,1-3H3,(H,31,37)(H,30,32,33). The predicted molar refractivity (Wildman–Crippen MR) is 142 cm³/mol. The third-order valence-electron chi connectivity index (χ3n) is 7.92. The molecule has 1 saturated heterocycles. The van der Waals surface area contributed by atoms with Crippen molar-refractivity contribution in [2.24, 2.45) is 0 Å². The lowest BCUT2D eigenvalue weighted by atomic mass is 10.0. The van der Waals surface area contributed by atoms with Crippen LogP contribution in [-0.4, -0.2) is 78.4 Å². The number of nitrogens with one attached hydrogen (secondary N) is 2. The van der Waals surface area contributed by atoms with E-state index in [9.17, 15) is 18.4 Å². The van der Waals surface area contributed by atoms with Crippen LogP contribution in [0.25, 0.3) is 0 Å². The summed E-state index contributed by atoms with van der Waals surface area (Å²) in [5.41, 5.74) is 2.37. The zero-order chi connectivity index (χ0) is 27.0. The average molecular weight is 528 g/mol. The molecule has 2 amide bonds. The number of benzene rings is 1. The maximum Gasteiger partial charge on any atom is 0.342 e. The van der Waals surface area contributed by atoms with Gasteiger partial charge in [0.05, 0.1) is 12.7 Å². The van der Waals surface area contributed by atoms with Crippen LogP contribution in [0.5, 0.6) is 0 Å². The van der Waals surface area contributed by atoms with Crippen molar-refractivity contribution in [3.8, 4) is 0 Å². The molecule has 3 aliphatic rings. The highest BCUT2D eigenvalue weighted by Gasteiger charge is 2.48. The van der Waals surface area contributed by atoms with E-state index in [0.717, 1.165) is 62.1 Å². The van der Waals surface area contributed by atoms with Crippen LogP contribution in [0.4, 0.5) is 31.9 Å². The molecule has 2 fully saturated rings. The molecule has 5 rings (SSSR count). The summed E-state index contributed by atoms with van der Waals surface area (Å²) in [7, 11) is 3.42. The highest BCUT2D eigenvalue weighted by atomic mass is 19.3. The van der Waals surface area contributed by atoms with Crippen LogP contribution in [-0.2, 0) is 4.79 Å². The topological polar surface area (TPSA) is 93.7 Å². The Hall–Kier alpha value is -3.34. The summed E-state index contributed by atoms with van der Waals surface area (Å²) in [5.74, 6) is -4.31. The van der Waals surface area contributed by atoms with Crippen LogP contribution in [0.15, 0.2) is 24.4 Å². The van der Waals surface area contributed by atoms with Crippen molar-refractivity contribution in [1.82, 2.24) is 20.2 Å². The van der Waals surface area contributed by atoms with Gasteiger partial charge < -0.3 is 25.3 Å². The molecule has 1 aromatic heterocycles. The maximum atomic E-state index is 14.8. The number of fused-ring (bicyclic) bond motifs is 1. The second-order valence-corrected chi connectivity index (χ2v) is 10.7. The van der Waals surface area contributed by atoms with Gasteiger partial charge in [0.25, 0.3) is 11.8 Å². The summed E-state index contributed by atoms with van der Waals surface area (Å²) in [4.78, 5) is 39.0. The lowest BCUT2D eigenvalue weighted by Crippen LogP contribution is -2.48. The highest BCUT2D eigenvalue weighted by Crippen LogP contribution is 2.39. The number of halogens is 2. The fourth-order valence-electron chi connectivity index (χ4n) is 5.59. The van der Waals surface area contributed by atoms with Crippen molar-refractivity contribution in [1.29, 1.82) is 0 Å². The van der Waals surface area contributed by atoms with E-state index in [2.05, 4.69) is 32.5 Å². The molecular weight excluding hydrogens is 492 g/mol. The zero-order valence-electron chi connectivity index (χ0n) is 22.1. The number of carbonyl (C=O) groups excluding carboxylic acids is 2. The predicted octanol–water partition coefficient (Wildman–Crippen LogP) is 3.71. The van der Waals surface area contributed by atoms with E-state index in [1.165, 1.54) is 13.2 Å². The first-order chi connectivity index (χ1) is 18.1. The molecular formula is C27H35F2N7O2. The normalized spacial score (nSPS) is 20.8. The van der Waals surface area contributed by atoms with Crippen molar-refractivity contribution in [3.63, 3.8) is 0 Å². The Morgan fingerprint density at radius 1 is 1.11 bits per heavy atom. The molecule has 11 heteroatoms. The number of anilines is 4. The van der Waals surface area contributed by atoms with Crippen LogP contribution < -0.4 is 20.4 Å². The Morgan fingerprint density at radius 2 is 1.82 bits per heavy atom. The van der Waals surface area contributed by atoms with Crippen LogP contribution in [0.3, 0.4) is 0 Å². The number of carbonyl (C=O) groups is 2. The van der Waals surface area contributed by atoms with E-state index >= 15 is 0 Å². The van der Waals surface area contributed by atoms with Gasteiger partial charge in [0, 0.05) is 30.4 Å². The minimum atomic E-state index is -3.52. The summed E-state index contributed by atoms with van der Waals surface area (Å²) in [5, 5.41) is 6.30. The summed E-state index contributed by atoms with van der Waals surface area (Å²) in [6, 6.07) is 5.43. The van der Waals surface area contributed by atoms with E-state index in [1.807, 2.05) is 13.0 Å². The van der Waals surface area contributed by atoms with Crippen molar-refractivity contribution < 1.29 is 18.4 Å². The largest absolute Gasteiger partial charge is 0.349 e. The molecule has 1 saturated carbocycles. The smallest absolute Gasteiger partial charge is 0.342 e. The van der Waals surface area contributed by atoms with Gasteiger partial charge in [0.2, 0.25) is 5.95 Å². The molecule has 0 radical (unpaired) electrons. The van der Waals surface area contributed by atoms with E-state index in [1.54, 1.807) is 17.0 Å². The van der Waals surface area contributed by atoms with Crippen molar-refractivity contribution >= 4 is 35.0 Å². The van der Waals surface area contributed by atoms with Crippen LogP contribution in [0.2, 0.25) is 0 Å². The minimum Gasteiger partial charge on any atom is -0.349 e. The third kappa shape index (κ3) is 5.29. The molecule has 0 unspecified atom stereocenters. The Bertz CT molecular complexity index is 1210. The SMILES string of the molecule is Cc1cc(C(=O)NC2CCN(C)CC2)ccc1Nc1ncc2c(n1)N(C1CCCC1)CC(F)(F)C(=O)N2C. The average Bonchev–Trinajstić information content (AvgIpc) is 3.41. The van der Waals surface area contributed by atoms with Crippen molar-refractivity contribution in [3.05, 3.63) is 35.5 Å². The van der Waals surface area contributed by atoms with Gasteiger partial charge in [-0.15, -0.1) is 0 Å². The molecule has 0 atom stereocenters. The Kier molecular flexibility index (Phi) is 7.21. The number of nitrogens with zero attached hydrogens (tertiary/aromatic N) is 5. The second-order valence-electron chi connectivity index (χ2n) is 10.7. The molecule has 2 N–H and O–H groups in total. The molecule has 3 heterocycles.